The second kappa shape index (κ2) is 8.90. The van der Waals surface area contributed by atoms with E-state index in [1.807, 2.05) is 0 Å². The molecule has 10 heteroatoms. The van der Waals surface area contributed by atoms with Crippen LogP contribution in [0.2, 0.25) is 0 Å². The van der Waals surface area contributed by atoms with E-state index in [2.05, 4.69) is 20.3 Å². The lowest BCUT2D eigenvalue weighted by atomic mass is 9.76. The van der Waals surface area contributed by atoms with Crippen LogP contribution in [0.25, 0.3) is 11.4 Å². The summed E-state index contributed by atoms with van der Waals surface area (Å²) >= 11 is 0. The van der Waals surface area contributed by atoms with Crippen LogP contribution in [-0.2, 0) is 6.18 Å². The van der Waals surface area contributed by atoms with Crippen LogP contribution >= 0.6 is 0 Å². The summed E-state index contributed by atoms with van der Waals surface area (Å²) < 4.78 is 53.1. The summed E-state index contributed by atoms with van der Waals surface area (Å²) in [4.78, 5) is 28.0. The molecule has 0 radical (unpaired) electrons. The number of fused-ring (bicyclic) bond motifs is 3. The highest BCUT2D eigenvalue weighted by Gasteiger charge is 2.44. The Morgan fingerprint density at radius 3 is 2.60 bits per heavy atom. The average molecular weight is 485 g/mol. The molecule has 6 nitrogen and oxygen atoms in total. The van der Waals surface area contributed by atoms with Crippen molar-refractivity contribution in [3.63, 3.8) is 0 Å². The largest absolute Gasteiger partial charge is 0.417 e. The van der Waals surface area contributed by atoms with E-state index in [9.17, 15) is 22.4 Å². The molecule has 0 aromatic carbocycles. The highest BCUT2D eigenvalue weighted by molar-refractivity contribution is 6.00. The molecule has 0 spiro atoms. The van der Waals surface area contributed by atoms with Crippen LogP contribution in [0.5, 0.6) is 0 Å². The van der Waals surface area contributed by atoms with Gasteiger partial charge in [-0.15, -0.1) is 0 Å². The maximum atomic E-state index is 14.5. The van der Waals surface area contributed by atoms with E-state index in [-0.39, 0.29) is 40.9 Å². The predicted molar refractivity (Wildman–Crippen MR) is 121 cm³/mol. The minimum Gasteiger partial charge on any atom is -0.365 e. The number of halogens is 4. The molecule has 3 fully saturated rings. The third-order valence-corrected chi connectivity index (χ3v) is 6.71. The predicted octanol–water partition coefficient (Wildman–Crippen LogP) is 5.11. The van der Waals surface area contributed by atoms with Gasteiger partial charge < -0.3 is 10.2 Å². The van der Waals surface area contributed by atoms with E-state index < -0.39 is 17.6 Å². The standard InChI is InChI=1S/C25H23F4N5O/c1-14-4-7-17(22(32-14)23-18(26)3-2-10-30-23)24(35)34-13-15-5-8-20(34)19(11-15)33-21-9-6-16(12-31-21)25(27,28)29/h2-4,6-7,9-10,12,15,19-20H,5,8,11,13H2,1H3,(H,31,33). The fourth-order valence-electron chi connectivity index (χ4n) is 5.04. The first-order valence-corrected chi connectivity index (χ1v) is 11.4. The molecule has 2 aliphatic heterocycles. The maximum Gasteiger partial charge on any atom is 0.417 e. The lowest BCUT2D eigenvalue weighted by Crippen LogP contribution is -2.59. The van der Waals surface area contributed by atoms with Crippen LogP contribution in [0.15, 0.2) is 48.8 Å². The van der Waals surface area contributed by atoms with Gasteiger partial charge in [-0.25, -0.2) is 9.37 Å². The zero-order valence-electron chi connectivity index (χ0n) is 18.9. The summed E-state index contributed by atoms with van der Waals surface area (Å²) in [5, 5.41) is 3.23. The van der Waals surface area contributed by atoms with Gasteiger partial charge in [0.05, 0.1) is 17.2 Å². The van der Waals surface area contributed by atoms with Gasteiger partial charge in [0.25, 0.3) is 5.91 Å². The van der Waals surface area contributed by atoms with Crippen molar-refractivity contribution in [1.29, 1.82) is 0 Å². The maximum absolute atomic E-state index is 14.5. The molecule has 6 rings (SSSR count). The number of carbonyl (C=O) groups is 1. The zero-order valence-corrected chi connectivity index (χ0v) is 18.9. The monoisotopic (exact) mass is 485 g/mol. The van der Waals surface area contributed by atoms with E-state index >= 15 is 0 Å². The van der Waals surface area contributed by atoms with Gasteiger partial charge in [0.1, 0.15) is 17.2 Å². The molecule has 3 aromatic rings. The van der Waals surface area contributed by atoms with E-state index in [1.54, 1.807) is 24.0 Å². The molecular formula is C25H23F4N5O. The van der Waals surface area contributed by atoms with Gasteiger partial charge in [-0.3, -0.25) is 14.8 Å². The number of carbonyl (C=O) groups excluding carboxylic acids is 1. The van der Waals surface area contributed by atoms with Gasteiger partial charge in [0.2, 0.25) is 0 Å². The fourth-order valence-corrected chi connectivity index (χ4v) is 5.04. The lowest BCUT2D eigenvalue weighted by Gasteiger charge is -2.50. The molecule has 2 bridgehead atoms. The number of hydrogen-bond donors (Lipinski definition) is 1. The summed E-state index contributed by atoms with van der Waals surface area (Å²) in [5.74, 6) is -0.257. The fraction of sp³-hybridized carbons (Fsp3) is 0.360. The second-order valence-electron chi connectivity index (χ2n) is 9.07. The molecule has 35 heavy (non-hydrogen) atoms. The van der Waals surface area contributed by atoms with Gasteiger partial charge in [0.15, 0.2) is 5.82 Å². The summed E-state index contributed by atoms with van der Waals surface area (Å²) in [7, 11) is 0. The quantitative estimate of drug-likeness (QED) is 0.520. The smallest absolute Gasteiger partial charge is 0.365 e. The normalized spacial score (nSPS) is 21.7. The summed E-state index contributed by atoms with van der Waals surface area (Å²) in [6.45, 7) is 2.32. The van der Waals surface area contributed by atoms with E-state index in [0.717, 1.165) is 31.5 Å². The summed E-state index contributed by atoms with van der Waals surface area (Å²) in [5.41, 5.74) is 0.307. The number of aromatic nitrogens is 3. The van der Waals surface area contributed by atoms with Crippen molar-refractivity contribution in [2.24, 2.45) is 5.92 Å². The van der Waals surface area contributed by atoms with Crippen molar-refractivity contribution in [2.45, 2.75) is 44.4 Å². The van der Waals surface area contributed by atoms with Gasteiger partial charge in [0, 0.05) is 30.7 Å². The minimum atomic E-state index is -4.45. The Labute approximate surface area is 199 Å². The number of alkyl halides is 3. The van der Waals surface area contributed by atoms with Crippen molar-refractivity contribution in [3.8, 4) is 11.4 Å². The average Bonchev–Trinajstić information content (AvgIpc) is 2.84. The summed E-state index contributed by atoms with van der Waals surface area (Å²) in [6, 6.07) is 8.07. The van der Waals surface area contributed by atoms with Crippen molar-refractivity contribution < 1.29 is 22.4 Å². The number of nitrogens with zero attached hydrogens (tertiary/aromatic N) is 4. The second-order valence-corrected chi connectivity index (χ2v) is 9.07. The molecule has 5 heterocycles. The van der Waals surface area contributed by atoms with Crippen LogP contribution in [0.3, 0.4) is 0 Å². The Morgan fingerprint density at radius 1 is 1.09 bits per heavy atom. The topological polar surface area (TPSA) is 71.0 Å². The molecule has 2 saturated heterocycles. The zero-order chi connectivity index (χ0) is 24.7. The molecule has 3 aliphatic rings. The van der Waals surface area contributed by atoms with Gasteiger partial charge >= 0.3 is 6.18 Å². The van der Waals surface area contributed by atoms with Crippen molar-refractivity contribution in [3.05, 3.63) is 71.4 Å². The van der Waals surface area contributed by atoms with Crippen LogP contribution in [0, 0.1) is 18.7 Å². The number of amides is 1. The number of aryl methyl sites for hydroxylation is 1. The molecule has 1 N–H and O–H groups in total. The highest BCUT2D eigenvalue weighted by Crippen LogP contribution is 2.38. The molecule has 3 unspecified atom stereocenters. The Balaban J connectivity index is 1.41. The van der Waals surface area contributed by atoms with Crippen LogP contribution in [0.4, 0.5) is 23.4 Å². The number of nitrogens with one attached hydrogen (secondary N) is 1. The number of hydrogen-bond acceptors (Lipinski definition) is 5. The molecule has 1 amide bonds. The minimum absolute atomic E-state index is 0.0188. The van der Waals surface area contributed by atoms with Crippen LogP contribution < -0.4 is 5.32 Å². The van der Waals surface area contributed by atoms with Crippen LogP contribution in [-0.4, -0.2) is 44.4 Å². The molecule has 1 saturated carbocycles. The van der Waals surface area contributed by atoms with E-state index in [1.165, 1.54) is 24.4 Å². The third-order valence-electron chi connectivity index (χ3n) is 6.71. The van der Waals surface area contributed by atoms with E-state index in [4.69, 9.17) is 0 Å². The van der Waals surface area contributed by atoms with E-state index in [0.29, 0.717) is 18.1 Å². The molecular weight excluding hydrogens is 462 g/mol. The number of anilines is 1. The third kappa shape index (κ3) is 4.56. The Kier molecular flexibility index (Phi) is 5.90. The highest BCUT2D eigenvalue weighted by atomic mass is 19.4. The Bertz CT molecular complexity index is 1250. The molecule has 182 valence electrons. The molecule has 3 atom stereocenters. The number of rotatable bonds is 4. The number of piperidine rings is 2. The first-order valence-electron chi connectivity index (χ1n) is 11.4. The van der Waals surface area contributed by atoms with Gasteiger partial charge in [-0.1, -0.05) is 0 Å². The summed E-state index contributed by atoms with van der Waals surface area (Å²) in [6.07, 6.45) is 0.299. The van der Waals surface area contributed by atoms with Crippen LogP contribution in [0.1, 0.15) is 40.9 Å². The van der Waals surface area contributed by atoms with Gasteiger partial charge in [-0.05, 0) is 68.5 Å². The lowest BCUT2D eigenvalue weighted by molar-refractivity contribution is -0.137. The molecule has 3 aromatic heterocycles. The first kappa shape index (κ1) is 23.2. The number of pyridine rings is 3. The Hall–Kier alpha value is -3.56. The first-order chi connectivity index (χ1) is 16.7. The molecule has 1 aliphatic carbocycles. The van der Waals surface area contributed by atoms with Crippen molar-refractivity contribution in [1.82, 2.24) is 19.9 Å². The Morgan fingerprint density at radius 2 is 1.91 bits per heavy atom. The SMILES string of the molecule is Cc1ccc(C(=O)N2CC3CCC2C(Nc2ccc(C(F)(F)F)cn2)C3)c(-c2ncccc2F)n1. The van der Waals surface area contributed by atoms with Gasteiger partial charge in [-0.2, -0.15) is 13.2 Å². The van der Waals surface area contributed by atoms with Crippen molar-refractivity contribution >= 4 is 11.7 Å². The van der Waals surface area contributed by atoms with Crippen molar-refractivity contribution in [2.75, 3.05) is 11.9 Å².